The Morgan fingerprint density at radius 1 is 1.16 bits per heavy atom. The predicted molar refractivity (Wildman–Crippen MR) is 77.8 cm³/mol. The Bertz CT molecular complexity index is 597. The van der Waals surface area contributed by atoms with Gasteiger partial charge in [0, 0.05) is 5.69 Å². The Morgan fingerprint density at radius 2 is 1.84 bits per heavy atom. The molecule has 19 heavy (non-hydrogen) atoms. The predicted octanol–water partition coefficient (Wildman–Crippen LogP) is 3.24. The summed E-state index contributed by atoms with van der Waals surface area (Å²) in [6, 6.07) is 12.2. The maximum Gasteiger partial charge on any atom is 0.323 e. The van der Waals surface area contributed by atoms with Gasteiger partial charge in [0.15, 0.2) is 0 Å². The minimum Gasteiger partial charge on any atom is -0.480 e. The number of rotatable bonds is 4. The van der Waals surface area contributed by atoms with Crippen LogP contribution in [-0.4, -0.2) is 23.5 Å². The number of carbonyl (C=O) groups excluding carboxylic acids is 1. The standard InChI is InChI=1S/C13H10BrNO3S/c14-11-7-6-10(19-11)13(18)15(8-12(16)17)9-4-2-1-3-5-9/h1-7H,8H2,(H,16,17). The topological polar surface area (TPSA) is 57.6 Å². The molecule has 0 saturated carbocycles. The van der Waals surface area contributed by atoms with Crippen LogP contribution in [0.25, 0.3) is 0 Å². The van der Waals surface area contributed by atoms with Crippen LogP contribution in [0.5, 0.6) is 0 Å². The summed E-state index contributed by atoms with van der Waals surface area (Å²) in [5.74, 6) is -1.36. The molecule has 0 spiro atoms. The van der Waals surface area contributed by atoms with Crippen LogP contribution in [0.3, 0.4) is 0 Å². The number of nitrogens with zero attached hydrogens (tertiary/aromatic N) is 1. The first-order chi connectivity index (χ1) is 9.08. The monoisotopic (exact) mass is 339 g/mol. The summed E-state index contributed by atoms with van der Waals surface area (Å²) < 4.78 is 0.833. The van der Waals surface area contributed by atoms with E-state index in [2.05, 4.69) is 15.9 Å². The molecule has 4 nitrogen and oxygen atoms in total. The first-order valence-electron chi connectivity index (χ1n) is 5.42. The summed E-state index contributed by atoms with van der Waals surface area (Å²) in [7, 11) is 0. The number of amides is 1. The normalized spacial score (nSPS) is 10.2. The van der Waals surface area contributed by atoms with E-state index in [9.17, 15) is 9.59 Å². The highest BCUT2D eigenvalue weighted by molar-refractivity contribution is 9.11. The maximum absolute atomic E-state index is 12.3. The Kier molecular flexibility index (Phi) is 4.34. The van der Waals surface area contributed by atoms with Crippen molar-refractivity contribution in [2.24, 2.45) is 0 Å². The van der Waals surface area contributed by atoms with Crippen LogP contribution in [0.1, 0.15) is 9.67 Å². The third kappa shape index (κ3) is 3.42. The third-order valence-electron chi connectivity index (χ3n) is 2.39. The van der Waals surface area contributed by atoms with E-state index >= 15 is 0 Å². The lowest BCUT2D eigenvalue weighted by Gasteiger charge is -2.19. The van der Waals surface area contributed by atoms with E-state index in [-0.39, 0.29) is 12.5 Å². The van der Waals surface area contributed by atoms with Gasteiger partial charge in [-0.1, -0.05) is 18.2 Å². The van der Waals surface area contributed by atoms with Gasteiger partial charge < -0.3 is 5.11 Å². The van der Waals surface area contributed by atoms with Crippen molar-refractivity contribution in [1.82, 2.24) is 0 Å². The minimum absolute atomic E-state index is 0.315. The molecule has 0 aliphatic heterocycles. The van der Waals surface area contributed by atoms with Crippen LogP contribution in [0.4, 0.5) is 5.69 Å². The first kappa shape index (κ1) is 13.8. The second-order valence-corrected chi connectivity index (χ2v) is 6.19. The van der Waals surface area contributed by atoms with Gasteiger partial charge in [-0.15, -0.1) is 11.3 Å². The molecule has 0 atom stereocenters. The lowest BCUT2D eigenvalue weighted by Crippen LogP contribution is -2.35. The van der Waals surface area contributed by atoms with Gasteiger partial charge in [-0.3, -0.25) is 14.5 Å². The third-order valence-corrected chi connectivity index (χ3v) is 4.00. The first-order valence-corrected chi connectivity index (χ1v) is 7.03. The van der Waals surface area contributed by atoms with Crippen LogP contribution in [0.15, 0.2) is 46.3 Å². The molecule has 6 heteroatoms. The van der Waals surface area contributed by atoms with E-state index in [1.807, 2.05) is 6.07 Å². The Balaban J connectivity index is 2.33. The Labute approximate surface area is 122 Å². The Hall–Kier alpha value is -1.66. The van der Waals surface area contributed by atoms with E-state index in [0.717, 1.165) is 3.79 Å². The molecule has 0 aliphatic rings. The van der Waals surface area contributed by atoms with Crippen molar-refractivity contribution in [3.05, 3.63) is 51.1 Å². The molecule has 1 N–H and O–H groups in total. The molecule has 2 rings (SSSR count). The molecule has 1 aromatic carbocycles. The van der Waals surface area contributed by atoms with Crippen LogP contribution in [-0.2, 0) is 4.79 Å². The van der Waals surface area contributed by atoms with Crippen LogP contribution in [0, 0.1) is 0 Å². The van der Waals surface area contributed by atoms with E-state index < -0.39 is 5.97 Å². The Morgan fingerprint density at radius 3 is 2.37 bits per heavy atom. The fraction of sp³-hybridized carbons (Fsp3) is 0.0769. The molecule has 0 unspecified atom stereocenters. The SMILES string of the molecule is O=C(O)CN(C(=O)c1ccc(Br)s1)c1ccccc1. The molecular weight excluding hydrogens is 330 g/mol. The summed E-state index contributed by atoms with van der Waals surface area (Å²) in [6.07, 6.45) is 0. The van der Waals surface area contributed by atoms with Gasteiger partial charge >= 0.3 is 5.97 Å². The van der Waals surface area contributed by atoms with Crippen molar-refractivity contribution in [1.29, 1.82) is 0 Å². The van der Waals surface area contributed by atoms with E-state index in [1.54, 1.807) is 36.4 Å². The van der Waals surface area contributed by atoms with E-state index in [0.29, 0.717) is 10.6 Å². The number of halogens is 1. The second kappa shape index (κ2) is 5.99. The van der Waals surface area contributed by atoms with Crippen molar-refractivity contribution in [2.75, 3.05) is 11.4 Å². The fourth-order valence-electron chi connectivity index (χ4n) is 1.59. The highest BCUT2D eigenvalue weighted by Crippen LogP contribution is 2.25. The quantitative estimate of drug-likeness (QED) is 0.930. The number of thiophene rings is 1. The lowest BCUT2D eigenvalue weighted by atomic mass is 10.2. The van der Waals surface area contributed by atoms with Crippen LogP contribution < -0.4 is 4.90 Å². The average molecular weight is 340 g/mol. The van der Waals surface area contributed by atoms with E-state index in [4.69, 9.17) is 5.11 Å². The van der Waals surface area contributed by atoms with Gasteiger partial charge in [0.25, 0.3) is 5.91 Å². The molecule has 0 saturated heterocycles. The molecule has 0 bridgehead atoms. The molecule has 0 radical (unpaired) electrons. The largest absolute Gasteiger partial charge is 0.480 e. The summed E-state index contributed by atoms with van der Waals surface area (Å²) in [5.41, 5.74) is 0.569. The van der Waals surface area contributed by atoms with Crippen LogP contribution >= 0.6 is 27.3 Å². The van der Waals surface area contributed by atoms with Gasteiger partial charge in [-0.2, -0.15) is 0 Å². The zero-order valence-corrected chi connectivity index (χ0v) is 12.1. The highest BCUT2D eigenvalue weighted by atomic mass is 79.9. The van der Waals surface area contributed by atoms with Crippen molar-refractivity contribution >= 4 is 44.8 Å². The van der Waals surface area contributed by atoms with Gasteiger partial charge in [-0.25, -0.2) is 0 Å². The molecule has 0 fully saturated rings. The zero-order chi connectivity index (χ0) is 13.8. The molecule has 1 amide bonds. The van der Waals surface area contributed by atoms with Crippen molar-refractivity contribution in [3.63, 3.8) is 0 Å². The molecule has 98 valence electrons. The number of anilines is 1. The highest BCUT2D eigenvalue weighted by Gasteiger charge is 2.21. The summed E-state index contributed by atoms with van der Waals surface area (Å²) in [4.78, 5) is 25.0. The number of para-hydroxylation sites is 1. The number of carboxylic acid groups (broad SMARTS) is 1. The summed E-state index contributed by atoms with van der Waals surface area (Å²) in [5, 5.41) is 8.95. The molecule has 1 heterocycles. The summed E-state index contributed by atoms with van der Waals surface area (Å²) >= 11 is 4.57. The number of hydrogen-bond donors (Lipinski definition) is 1. The molecule has 0 aliphatic carbocycles. The van der Waals surface area contributed by atoms with Gasteiger partial charge in [-0.05, 0) is 40.2 Å². The van der Waals surface area contributed by atoms with Crippen molar-refractivity contribution < 1.29 is 14.7 Å². The molecule has 1 aromatic heterocycles. The maximum atomic E-state index is 12.3. The number of hydrogen-bond acceptors (Lipinski definition) is 3. The van der Waals surface area contributed by atoms with Gasteiger partial charge in [0.1, 0.15) is 6.54 Å². The average Bonchev–Trinajstić information content (AvgIpc) is 2.83. The number of carboxylic acids is 1. The minimum atomic E-state index is -1.05. The van der Waals surface area contributed by atoms with Crippen molar-refractivity contribution in [2.45, 2.75) is 0 Å². The van der Waals surface area contributed by atoms with Crippen LogP contribution in [0.2, 0.25) is 0 Å². The number of aliphatic carboxylic acids is 1. The second-order valence-electron chi connectivity index (χ2n) is 3.72. The summed E-state index contributed by atoms with van der Waals surface area (Å²) in [6.45, 7) is -0.363. The molecule has 2 aromatic rings. The number of benzene rings is 1. The fourth-order valence-corrected chi connectivity index (χ4v) is 2.92. The van der Waals surface area contributed by atoms with E-state index in [1.165, 1.54) is 16.2 Å². The zero-order valence-electron chi connectivity index (χ0n) is 9.75. The lowest BCUT2D eigenvalue weighted by molar-refractivity contribution is -0.135. The number of carbonyl (C=O) groups is 2. The van der Waals surface area contributed by atoms with Gasteiger partial charge in [0.05, 0.1) is 8.66 Å². The molecular formula is C13H10BrNO3S. The van der Waals surface area contributed by atoms with Crippen molar-refractivity contribution in [3.8, 4) is 0 Å². The van der Waals surface area contributed by atoms with Gasteiger partial charge in [0.2, 0.25) is 0 Å². The smallest absolute Gasteiger partial charge is 0.323 e.